The number of para-hydroxylation sites is 1. The fourth-order valence-corrected chi connectivity index (χ4v) is 1.75. The van der Waals surface area contributed by atoms with Gasteiger partial charge in [-0.15, -0.1) is 5.54 Å². The van der Waals surface area contributed by atoms with E-state index >= 15 is 0 Å². The van der Waals surface area contributed by atoms with Crippen molar-refractivity contribution in [3.63, 3.8) is 0 Å². The van der Waals surface area contributed by atoms with Crippen molar-refractivity contribution in [2.24, 2.45) is 0 Å². The molecule has 0 saturated carbocycles. The maximum atomic E-state index is 5.32. The molecule has 0 atom stereocenters. The Morgan fingerprint density at radius 1 is 1.06 bits per heavy atom. The molecule has 3 heteroatoms. The number of benzene rings is 1. The maximum Gasteiger partial charge on any atom is 0.176 e. The predicted octanol–water partition coefficient (Wildman–Crippen LogP) is 2.93. The summed E-state index contributed by atoms with van der Waals surface area (Å²) >= 11 is 0. The molecule has 2 nitrogen and oxygen atoms in total. The molecule has 0 heterocycles. The smallest absolute Gasteiger partial charge is 0.176 e. The minimum Gasteiger partial charge on any atom is -0.493 e. The van der Waals surface area contributed by atoms with E-state index in [1.54, 1.807) is 14.2 Å². The second-order valence-electron chi connectivity index (χ2n) is 4.54. The van der Waals surface area contributed by atoms with Crippen molar-refractivity contribution in [1.82, 2.24) is 0 Å². The summed E-state index contributed by atoms with van der Waals surface area (Å²) in [6.45, 7) is 6.64. The molecule has 1 aromatic rings. The van der Waals surface area contributed by atoms with Gasteiger partial charge in [-0.05, 0) is 12.1 Å². The van der Waals surface area contributed by atoms with Crippen LogP contribution in [-0.4, -0.2) is 22.3 Å². The highest BCUT2D eigenvalue weighted by molar-refractivity contribution is 6.83. The fraction of sp³-hybridized carbons (Fsp3) is 0.385. The largest absolute Gasteiger partial charge is 0.493 e. The summed E-state index contributed by atoms with van der Waals surface area (Å²) < 4.78 is 10.5. The van der Waals surface area contributed by atoms with Crippen LogP contribution in [0.1, 0.15) is 5.56 Å². The van der Waals surface area contributed by atoms with Crippen LogP contribution in [0, 0.1) is 11.5 Å². The van der Waals surface area contributed by atoms with Crippen LogP contribution in [0.5, 0.6) is 11.5 Å². The van der Waals surface area contributed by atoms with Gasteiger partial charge < -0.3 is 9.47 Å². The van der Waals surface area contributed by atoms with Crippen LogP contribution < -0.4 is 9.47 Å². The van der Waals surface area contributed by atoms with E-state index in [0.29, 0.717) is 0 Å². The van der Waals surface area contributed by atoms with Crippen LogP contribution in [0.4, 0.5) is 0 Å². The summed E-state index contributed by atoms with van der Waals surface area (Å²) in [6, 6.07) is 5.75. The summed E-state index contributed by atoms with van der Waals surface area (Å²) in [6.07, 6.45) is 0. The molecule has 0 N–H and O–H groups in total. The topological polar surface area (TPSA) is 18.5 Å². The van der Waals surface area contributed by atoms with Crippen LogP contribution in [0.15, 0.2) is 18.2 Å². The van der Waals surface area contributed by atoms with E-state index in [1.807, 2.05) is 18.2 Å². The van der Waals surface area contributed by atoms with Gasteiger partial charge in [-0.25, -0.2) is 0 Å². The highest BCUT2D eigenvalue weighted by atomic mass is 28.3. The summed E-state index contributed by atoms with van der Waals surface area (Å²) in [7, 11) is 1.91. The Kier molecular flexibility index (Phi) is 4.03. The van der Waals surface area contributed by atoms with Gasteiger partial charge in [-0.2, -0.15) is 0 Å². The van der Waals surface area contributed by atoms with Crippen LogP contribution in [-0.2, 0) is 0 Å². The van der Waals surface area contributed by atoms with Gasteiger partial charge in [0.1, 0.15) is 8.07 Å². The molecule has 16 heavy (non-hydrogen) atoms. The second kappa shape index (κ2) is 5.09. The Bertz CT molecular complexity index is 422. The number of hydrogen-bond acceptors (Lipinski definition) is 2. The van der Waals surface area contributed by atoms with Crippen molar-refractivity contribution >= 4 is 8.07 Å². The first-order valence-corrected chi connectivity index (χ1v) is 8.72. The Labute approximate surface area is 98.6 Å². The van der Waals surface area contributed by atoms with Crippen molar-refractivity contribution in [2.75, 3.05) is 14.2 Å². The van der Waals surface area contributed by atoms with Gasteiger partial charge in [-0.3, -0.25) is 0 Å². The molecule has 0 aliphatic carbocycles. The zero-order valence-electron chi connectivity index (χ0n) is 10.5. The van der Waals surface area contributed by atoms with Crippen molar-refractivity contribution in [1.29, 1.82) is 0 Å². The number of rotatable bonds is 2. The molecule has 1 rings (SSSR count). The number of ether oxygens (including phenoxy) is 2. The first-order chi connectivity index (χ1) is 7.48. The van der Waals surface area contributed by atoms with Crippen LogP contribution in [0.3, 0.4) is 0 Å². The van der Waals surface area contributed by atoms with Gasteiger partial charge in [0.2, 0.25) is 0 Å². The molecule has 0 fully saturated rings. The lowest BCUT2D eigenvalue weighted by Gasteiger charge is -2.09. The van der Waals surface area contributed by atoms with E-state index in [-0.39, 0.29) is 0 Å². The van der Waals surface area contributed by atoms with Crippen LogP contribution in [0.25, 0.3) is 0 Å². The molecular weight excluding hydrogens is 216 g/mol. The Hall–Kier alpha value is -1.40. The lowest BCUT2D eigenvalue weighted by atomic mass is 10.2. The van der Waals surface area contributed by atoms with E-state index in [0.717, 1.165) is 17.1 Å². The average molecular weight is 234 g/mol. The highest BCUT2D eigenvalue weighted by Gasteiger charge is 2.10. The SMILES string of the molecule is COc1cccc(C#C[Si](C)(C)C)c1OC. The molecule has 86 valence electrons. The van der Waals surface area contributed by atoms with E-state index in [9.17, 15) is 0 Å². The molecule has 0 aromatic heterocycles. The molecule has 0 radical (unpaired) electrons. The second-order valence-corrected chi connectivity index (χ2v) is 9.29. The normalized spacial score (nSPS) is 10.3. The Morgan fingerprint density at radius 2 is 1.75 bits per heavy atom. The first kappa shape index (κ1) is 12.7. The standard InChI is InChI=1S/C13H18O2Si/c1-14-12-8-6-7-11(13(12)15-2)9-10-16(3,4)5/h6-8H,1-5H3. The third kappa shape index (κ3) is 3.32. The van der Waals surface area contributed by atoms with Crippen molar-refractivity contribution < 1.29 is 9.47 Å². The fourth-order valence-electron chi connectivity index (χ4n) is 1.24. The predicted molar refractivity (Wildman–Crippen MR) is 69.8 cm³/mol. The van der Waals surface area contributed by atoms with E-state index < -0.39 is 8.07 Å². The van der Waals surface area contributed by atoms with E-state index in [2.05, 4.69) is 31.1 Å². The highest BCUT2D eigenvalue weighted by Crippen LogP contribution is 2.29. The van der Waals surface area contributed by atoms with Crippen molar-refractivity contribution in [2.45, 2.75) is 19.6 Å². The zero-order chi connectivity index (χ0) is 12.2. The van der Waals surface area contributed by atoms with Crippen molar-refractivity contribution in [3.05, 3.63) is 23.8 Å². The maximum absolute atomic E-state index is 5.32. The summed E-state index contributed by atoms with van der Waals surface area (Å²) in [5, 5.41) is 0. The molecule has 0 unspecified atom stereocenters. The Balaban J connectivity index is 3.17. The van der Waals surface area contributed by atoms with Gasteiger partial charge in [0, 0.05) is 0 Å². The molecule has 1 aromatic carbocycles. The molecule has 0 aliphatic heterocycles. The van der Waals surface area contributed by atoms with Crippen LogP contribution >= 0.6 is 0 Å². The zero-order valence-corrected chi connectivity index (χ0v) is 11.5. The molecular formula is C13H18O2Si. The summed E-state index contributed by atoms with van der Waals surface area (Å²) in [4.78, 5) is 0. The lowest BCUT2D eigenvalue weighted by Crippen LogP contribution is -2.16. The molecule has 0 spiro atoms. The molecule has 0 amide bonds. The summed E-state index contributed by atoms with van der Waals surface area (Å²) in [5.74, 6) is 4.63. The minimum absolute atomic E-state index is 0.718. The number of methoxy groups -OCH3 is 2. The monoisotopic (exact) mass is 234 g/mol. The first-order valence-electron chi connectivity index (χ1n) is 5.22. The quantitative estimate of drug-likeness (QED) is 0.578. The third-order valence-corrected chi connectivity index (χ3v) is 2.85. The number of hydrogen-bond donors (Lipinski definition) is 0. The van der Waals surface area contributed by atoms with Gasteiger partial charge >= 0.3 is 0 Å². The Morgan fingerprint density at radius 3 is 2.25 bits per heavy atom. The van der Waals surface area contributed by atoms with Crippen molar-refractivity contribution in [3.8, 4) is 23.0 Å². The van der Waals surface area contributed by atoms with Gasteiger partial charge in [0.15, 0.2) is 11.5 Å². The van der Waals surface area contributed by atoms with E-state index in [4.69, 9.17) is 9.47 Å². The summed E-state index contributed by atoms with van der Waals surface area (Å²) in [5.41, 5.74) is 4.21. The van der Waals surface area contributed by atoms with Gasteiger partial charge in [-0.1, -0.05) is 31.6 Å². The van der Waals surface area contributed by atoms with Gasteiger partial charge in [0.05, 0.1) is 19.8 Å². The molecule has 0 bridgehead atoms. The molecule has 0 aliphatic rings. The van der Waals surface area contributed by atoms with Gasteiger partial charge in [0.25, 0.3) is 0 Å². The van der Waals surface area contributed by atoms with E-state index in [1.165, 1.54) is 0 Å². The van der Waals surface area contributed by atoms with Crippen LogP contribution in [0.2, 0.25) is 19.6 Å². The minimum atomic E-state index is -1.36. The third-order valence-electron chi connectivity index (χ3n) is 1.98. The average Bonchev–Trinajstić information content (AvgIpc) is 2.24. The molecule has 0 saturated heterocycles. The lowest BCUT2D eigenvalue weighted by molar-refractivity contribution is 0.354.